The molecule has 3 atom stereocenters. The Bertz CT molecular complexity index is 1550. The van der Waals surface area contributed by atoms with Gasteiger partial charge in [-0.3, -0.25) is 4.79 Å². The predicted octanol–water partition coefficient (Wildman–Crippen LogP) is 3.73. The third kappa shape index (κ3) is 3.84. The standard InChI is InChI=1S/C24H20ClF2N9O/c1-11-6-18(24-29-9-15(31-24)13-2-5-19(28)32-23(13)27)36-17(11)7-12(8-20(36)37)21-16(35-10-30-33-34-35)4-3-14(25)22(21)26/h2-5,8-11,17-18H,6-7H2,1H3,(H2,28,32)(H,29,31)/t11-,17+,18-/m0/s1. The Balaban J connectivity index is 1.36. The Labute approximate surface area is 214 Å². The topological polar surface area (TPSA) is 132 Å². The monoisotopic (exact) mass is 523 g/mol. The minimum atomic E-state index is -0.712. The van der Waals surface area contributed by atoms with Gasteiger partial charge in [0.25, 0.3) is 0 Å². The van der Waals surface area contributed by atoms with E-state index in [4.69, 9.17) is 17.3 Å². The number of aromatic nitrogens is 7. The summed E-state index contributed by atoms with van der Waals surface area (Å²) in [4.78, 5) is 26.5. The summed E-state index contributed by atoms with van der Waals surface area (Å²) in [7, 11) is 0. The van der Waals surface area contributed by atoms with Gasteiger partial charge in [-0.15, -0.1) is 5.10 Å². The number of pyridine rings is 1. The van der Waals surface area contributed by atoms with Crippen molar-refractivity contribution in [2.45, 2.75) is 31.8 Å². The van der Waals surface area contributed by atoms with E-state index in [1.807, 2.05) is 6.92 Å². The van der Waals surface area contributed by atoms with Crippen molar-refractivity contribution >= 4 is 28.9 Å². The number of amides is 1. The van der Waals surface area contributed by atoms with Crippen molar-refractivity contribution in [1.29, 1.82) is 0 Å². The summed E-state index contributed by atoms with van der Waals surface area (Å²) in [5, 5.41) is 11.1. The number of nitrogen functional groups attached to an aromatic ring is 1. The minimum absolute atomic E-state index is 0.0625. The summed E-state index contributed by atoms with van der Waals surface area (Å²) in [6.07, 6.45) is 5.33. The second-order valence-corrected chi connectivity index (χ2v) is 9.59. The molecular weight excluding hydrogens is 504 g/mol. The van der Waals surface area contributed by atoms with Gasteiger partial charge in [0.15, 0.2) is 5.82 Å². The first-order valence-corrected chi connectivity index (χ1v) is 11.9. The van der Waals surface area contributed by atoms with E-state index in [9.17, 15) is 9.18 Å². The summed E-state index contributed by atoms with van der Waals surface area (Å²) < 4.78 is 31.0. The Morgan fingerprint density at radius 1 is 1.22 bits per heavy atom. The van der Waals surface area contributed by atoms with Crippen LogP contribution in [0.3, 0.4) is 0 Å². The van der Waals surface area contributed by atoms with Crippen molar-refractivity contribution in [2.75, 3.05) is 5.73 Å². The van der Waals surface area contributed by atoms with Gasteiger partial charge < -0.3 is 15.6 Å². The maximum atomic E-state index is 15.3. The van der Waals surface area contributed by atoms with Gasteiger partial charge in [0.1, 0.15) is 18.0 Å². The van der Waals surface area contributed by atoms with Gasteiger partial charge in [0, 0.05) is 17.7 Å². The predicted molar refractivity (Wildman–Crippen MR) is 130 cm³/mol. The van der Waals surface area contributed by atoms with E-state index >= 15 is 4.39 Å². The molecule has 6 rings (SSSR count). The number of tetrazole rings is 1. The van der Waals surface area contributed by atoms with Crippen LogP contribution in [0.2, 0.25) is 5.02 Å². The Morgan fingerprint density at radius 2 is 2.05 bits per heavy atom. The number of carbonyl (C=O) groups excluding carboxylic acids is 1. The first-order valence-electron chi connectivity index (χ1n) is 11.5. The number of halogens is 3. The number of nitrogens with one attached hydrogen (secondary N) is 1. The molecule has 1 fully saturated rings. The maximum absolute atomic E-state index is 15.3. The van der Waals surface area contributed by atoms with Gasteiger partial charge in [-0.1, -0.05) is 18.5 Å². The van der Waals surface area contributed by atoms with Gasteiger partial charge >= 0.3 is 0 Å². The molecule has 4 aromatic rings. The van der Waals surface area contributed by atoms with Crippen molar-refractivity contribution in [1.82, 2.24) is 40.1 Å². The lowest BCUT2D eigenvalue weighted by Crippen LogP contribution is -2.41. The number of hydrogen-bond acceptors (Lipinski definition) is 7. The highest BCUT2D eigenvalue weighted by Crippen LogP contribution is 2.46. The fourth-order valence-electron chi connectivity index (χ4n) is 5.27. The molecule has 1 amide bonds. The number of rotatable bonds is 4. The lowest BCUT2D eigenvalue weighted by Gasteiger charge is -2.34. The van der Waals surface area contributed by atoms with Crippen LogP contribution >= 0.6 is 11.6 Å². The van der Waals surface area contributed by atoms with Crippen molar-refractivity contribution in [2.24, 2.45) is 5.92 Å². The fraction of sp³-hybridized carbons (Fsp3) is 0.250. The SMILES string of the molecule is C[C@H]1C[C@@H](c2ncc(-c3ccc(N)nc3F)[nH]2)N2C(=O)C=C(c3c(-n4cnnn4)ccc(Cl)c3F)C[C@H]12. The first-order chi connectivity index (χ1) is 17.8. The second kappa shape index (κ2) is 8.73. The molecule has 37 heavy (non-hydrogen) atoms. The van der Waals surface area contributed by atoms with Crippen LogP contribution in [-0.2, 0) is 4.79 Å². The highest BCUT2D eigenvalue weighted by molar-refractivity contribution is 6.31. The van der Waals surface area contributed by atoms with Crippen LogP contribution in [0.4, 0.5) is 14.6 Å². The van der Waals surface area contributed by atoms with Gasteiger partial charge in [-0.2, -0.15) is 9.07 Å². The zero-order valence-electron chi connectivity index (χ0n) is 19.4. The Hall–Kier alpha value is -4.19. The Kier molecular flexibility index (Phi) is 5.48. The third-order valence-electron chi connectivity index (χ3n) is 6.99. The number of aromatic amines is 1. The highest BCUT2D eigenvalue weighted by atomic mass is 35.5. The fourth-order valence-corrected chi connectivity index (χ4v) is 5.43. The van der Waals surface area contributed by atoms with E-state index in [-0.39, 0.29) is 45.9 Å². The molecular formula is C24H20ClF2N9O. The third-order valence-corrected chi connectivity index (χ3v) is 7.28. The van der Waals surface area contributed by atoms with Crippen molar-refractivity contribution in [3.63, 3.8) is 0 Å². The van der Waals surface area contributed by atoms with Crippen LogP contribution in [0.25, 0.3) is 22.5 Å². The first kappa shape index (κ1) is 23.2. The molecule has 0 unspecified atom stereocenters. The van der Waals surface area contributed by atoms with Gasteiger partial charge in [-0.05, 0) is 59.0 Å². The van der Waals surface area contributed by atoms with Crippen LogP contribution in [0.1, 0.15) is 37.2 Å². The minimum Gasteiger partial charge on any atom is -0.384 e. The van der Waals surface area contributed by atoms with Crippen molar-refractivity contribution < 1.29 is 13.6 Å². The van der Waals surface area contributed by atoms with Crippen molar-refractivity contribution in [3.8, 4) is 16.9 Å². The van der Waals surface area contributed by atoms with E-state index in [0.29, 0.717) is 35.6 Å². The zero-order chi connectivity index (χ0) is 25.8. The molecule has 188 valence electrons. The number of hydrogen-bond donors (Lipinski definition) is 2. The van der Waals surface area contributed by atoms with Crippen LogP contribution < -0.4 is 5.73 Å². The molecule has 10 nitrogen and oxygen atoms in total. The Morgan fingerprint density at radius 3 is 2.81 bits per heavy atom. The molecule has 0 bridgehead atoms. The van der Waals surface area contributed by atoms with Crippen LogP contribution in [0, 0.1) is 17.7 Å². The van der Waals surface area contributed by atoms with Crippen molar-refractivity contribution in [3.05, 3.63) is 71.0 Å². The summed E-state index contributed by atoms with van der Waals surface area (Å²) >= 11 is 6.11. The second-order valence-electron chi connectivity index (χ2n) is 9.18. The number of nitrogens with two attached hydrogens (primary N) is 1. The molecule has 5 heterocycles. The summed E-state index contributed by atoms with van der Waals surface area (Å²) in [5.74, 6) is -0.931. The molecule has 2 aliphatic heterocycles. The number of imidazole rings is 1. The van der Waals surface area contributed by atoms with E-state index in [1.165, 1.54) is 41.5 Å². The normalized spacial score (nSPS) is 21.3. The number of nitrogens with zero attached hydrogens (tertiary/aromatic N) is 7. The lowest BCUT2D eigenvalue weighted by molar-refractivity contribution is -0.129. The quantitative estimate of drug-likeness (QED) is 0.389. The largest absolute Gasteiger partial charge is 0.384 e. The average molecular weight is 524 g/mol. The number of fused-ring (bicyclic) bond motifs is 1. The lowest BCUT2D eigenvalue weighted by atomic mass is 9.88. The molecule has 3 N–H and O–H groups in total. The summed E-state index contributed by atoms with van der Waals surface area (Å²) in [6, 6.07) is 5.51. The molecule has 0 saturated carbocycles. The van der Waals surface area contributed by atoms with Crippen LogP contribution in [0.15, 0.2) is 42.9 Å². The van der Waals surface area contributed by atoms with Crippen LogP contribution in [-0.4, -0.2) is 52.0 Å². The molecule has 2 aliphatic rings. The zero-order valence-corrected chi connectivity index (χ0v) is 20.2. The molecule has 0 radical (unpaired) electrons. The summed E-state index contributed by atoms with van der Waals surface area (Å²) in [5.41, 5.74) is 7.31. The molecule has 0 spiro atoms. The van der Waals surface area contributed by atoms with E-state index < -0.39 is 11.8 Å². The molecule has 13 heteroatoms. The number of H-pyrrole nitrogens is 1. The molecule has 0 aliphatic carbocycles. The number of anilines is 1. The summed E-state index contributed by atoms with van der Waals surface area (Å²) in [6.45, 7) is 2.04. The van der Waals surface area contributed by atoms with E-state index in [2.05, 4.69) is 30.5 Å². The average Bonchev–Trinajstić information content (AvgIpc) is 3.62. The highest BCUT2D eigenvalue weighted by Gasteiger charge is 2.46. The van der Waals surface area contributed by atoms with E-state index in [0.717, 1.165) is 0 Å². The van der Waals surface area contributed by atoms with Crippen LogP contribution in [0.5, 0.6) is 0 Å². The molecule has 1 aromatic carbocycles. The molecule has 3 aromatic heterocycles. The van der Waals surface area contributed by atoms with Gasteiger partial charge in [0.2, 0.25) is 11.9 Å². The maximum Gasteiger partial charge on any atom is 0.247 e. The number of benzene rings is 1. The number of carbonyl (C=O) groups is 1. The van der Waals surface area contributed by atoms with Gasteiger partial charge in [-0.25, -0.2) is 14.4 Å². The van der Waals surface area contributed by atoms with Gasteiger partial charge in [0.05, 0.1) is 34.2 Å². The van der Waals surface area contributed by atoms with E-state index in [1.54, 1.807) is 11.0 Å². The molecule has 1 saturated heterocycles. The smallest absolute Gasteiger partial charge is 0.247 e.